The lowest BCUT2D eigenvalue weighted by atomic mass is 9.88. The van der Waals surface area contributed by atoms with Crippen molar-refractivity contribution >= 4 is 5.91 Å². The summed E-state index contributed by atoms with van der Waals surface area (Å²) in [6.45, 7) is 5.18. The number of nitrogens with one attached hydrogen (secondary N) is 1. The van der Waals surface area contributed by atoms with Gasteiger partial charge in [-0.1, -0.05) is 12.1 Å². The smallest absolute Gasteiger partial charge is 0.242 e. The van der Waals surface area contributed by atoms with Gasteiger partial charge in [0, 0.05) is 19.6 Å². The molecular formula is C14H21N3O2. The van der Waals surface area contributed by atoms with Gasteiger partial charge in [0.05, 0.1) is 0 Å². The van der Waals surface area contributed by atoms with E-state index in [-0.39, 0.29) is 11.7 Å². The number of amides is 1. The van der Waals surface area contributed by atoms with Gasteiger partial charge in [0.1, 0.15) is 11.3 Å². The number of carbonyl (C=O) groups excluding carboxylic acids is 1. The summed E-state index contributed by atoms with van der Waals surface area (Å²) in [4.78, 5) is 14.1. The van der Waals surface area contributed by atoms with Gasteiger partial charge in [-0.3, -0.25) is 9.69 Å². The maximum atomic E-state index is 12.0. The van der Waals surface area contributed by atoms with Crippen molar-refractivity contribution in [3.05, 3.63) is 29.8 Å². The first-order valence-electron chi connectivity index (χ1n) is 6.60. The van der Waals surface area contributed by atoms with E-state index in [4.69, 9.17) is 5.73 Å². The SMILES string of the molecule is CC(C(N)=O)(c1cccc(O)c1)N1CCCNCC1. The van der Waals surface area contributed by atoms with Gasteiger partial charge in [0.25, 0.3) is 0 Å². The Morgan fingerprint density at radius 2 is 2.21 bits per heavy atom. The number of rotatable bonds is 3. The number of primary amides is 1. The van der Waals surface area contributed by atoms with Crippen LogP contribution in [0.3, 0.4) is 0 Å². The van der Waals surface area contributed by atoms with Crippen molar-refractivity contribution in [3.8, 4) is 5.75 Å². The molecule has 0 radical (unpaired) electrons. The number of phenols is 1. The van der Waals surface area contributed by atoms with Crippen molar-refractivity contribution in [2.75, 3.05) is 26.2 Å². The van der Waals surface area contributed by atoms with Crippen LogP contribution in [0.5, 0.6) is 5.75 Å². The topological polar surface area (TPSA) is 78.6 Å². The van der Waals surface area contributed by atoms with E-state index in [0.29, 0.717) is 0 Å². The molecule has 1 unspecified atom stereocenters. The van der Waals surface area contributed by atoms with Crippen molar-refractivity contribution in [2.45, 2.75) is 18.9 Å². The minimum atomic E-state index is -0.884. The Kier molecular flexibility index (Phi) is 4.07. The summed E-state index contributed by atoms with van der Waals surface area (Å²) in [6.07, 6.45) is 0.974. The van der Waals surface area contributed by atoms with E-state index in [2.05, 4.69) is 10.2 Å². The van der Waals surface area contributed by atoms with Crippen LogP contribution in [0.25, 0.3) is 0 Å². The molecule has 5 heteroatoms. The first kappa shape index (κ1) is 13.8. The molecule has 0 aliphatic carbocycles. The van der Waals surface area contributed by atoms with E-state index in [0.717, 1.165) is 38.2 Å². The highest BCUT2D eigenvalue weighted by molar-refractivity contribution is 5.85. The normalized spacial score (nSPS) is 20.5. The zero-order valence-corrected chi connectivity index (χ0v) is 11.2. The molecule has 104 valence electrons. The summed E-state index contributed by atoms with van der Waals surface area (Å²) in [7, 11) is 0. The molecule has 1 aromatic carbocycles. The molecule has 5 nitrogen and oxygen atoms in total. The Morgan fingerprint density at radius 3 is 2.89 bits per heavy atom. The fourth-order valence-corrected chi connectivity index (χ4v) is 2.58. The zero-order chi connectivity index (χ0) is 13.9. The van der Waals surface area contributed by atoms with E-state index in [1.165, 1.54) is 0 Å². The highest BCUT2D eigenvalue weighted by Gasteiger charge is 2.39. The molecule has 0 bridgehead atoms. The molecule has 0 aromatic heterocycles. The first-order chi connectivity index (χ1) is 9.05. The molecule has 1 atom stereocenters. The van der Waals surface area contributed by atoms with E-state index < -0.39 is 5.54 Å². The Morgan fingerprint density at radius 1 is 1.42 bits per heavy atom. The lowest BCUT2D eigenvalue weighted by Gasteiger charge is -2.38. The molecule has 1 saturated heterocycles. The summed E-state index contributed by atoms with van der Waals surface area (Å²) < 4.78 is 0. The van der Waals surface area contributed by atoms with Gasteiger partial charge in [-0.25, -0.2) is 0 Å². The second-order valence-electron chi connectivity index (χ2n) is 5.08. The van der Waals surface area contributed by atoms with Gasteiger partial charge >= 0.3 is 0 Å². The molecule has 1 amide bonds. The van der Waals surface area contributed by atoms with Crippen molar-refractivity contribution in [3.63, 3.8) is 0 Å². The van der Waals surface area contributed by atoms with Gasteiger partial charge in [-0.15, -0.1) is 0 Å². The van der Waals surface area contributed by atoms with Crippen LogP contribution in [0, 0.1) is 0 Å². The predicted octanol–water partition coefficient (Wildman–Crippen LogP) is 0.388. The van der Waals surface area contributed by atoms with Crippen LogP contribution in [-0.4, -0.2) is 42.1 Å². The van der Waals surface area contributed by atoms with Crippen molar-refractivity contribution in [1.82, 2.24) is 10.2 Å². The monoisotopic (exact) mass is 263 g/mol. The van der Waals surface area contributed by atoms with Crippen LogP contribution in [0.15, 0.2) is 24.3 Å². The fraction of sp³-hybridized carbons (Fsp3) is 0.500. The van der Waals surface area contributed by atoms with Gasteiger partial charge in [0.15, 0.2) is 0 Å². The molecule has 19 heavy (non-hydrogen) atoms. The highest BCUT2D eigenvalue weighted by Crippen LogP contribution is 2.30. The second kappa shape index (κ2) is 5.59. The first-order valence-corrected chi connectivity index (χ1v) is 6.60. The fourth-order valence-electron chi connectivity index (χ4n) is 2.58. The van der Waals surface area contributed by atoms with Gasteiger partial charge in [-0.2, -0.15) is 0 Å². The maximum absolute atomic E-state index is 12.0. The number of phenolic OH excluding ortho intramolecular Hbond substituents is 1. The quantitative estimate of drug-likeness (QED) is 0.737. The summed E-state index contributed by atoms with van der Waals surface area (Å²) >= 11 is 0. The predicted molar refractivity (Wildman–Crippen MR) is 73.7 cm³/mol. The molecule has 4 N–H and O–H groups in total. The average Bonchev–Trinajstić information content (AvgIpc) is 2.66. The minimum absolute atomic E-state index is 0.151. The third-order valence-corrected chi connectivity index (χ3v) is 3.86. The molecule has 1 aromatic rings. The van der Waals surface area contributed by atoms with Crippen LogP contribution >= 0.6 is 0 Å². The third kappa shape index (κ3) is 2.72. The number of aromatic hydroxyl groups is 1. The summed E-state index contributed by atoms with van der Waals surface area (Å²) in [5.74, 6) is -0.238. The van der Waals surface area contributed by atoms with Crippen molar-refractivity contribution in [1.29, 1.82) is 0 Å². The Labute approximate surface area is 113 Å². The molecule has 0 saturated carbocycles. The third-order valence-electron chi connectivity index (χ3n) is 3.86. The second-order valence-corrected chi connectivity index (χ2v) is 5.08. The number of hydrogen-bond acceptors (Lipinski definition) is 4. The van der Waals surface area contributed by atoms with Crippen LogP contribution in [0.1, 0.15) is 18.9 Å². The Balaban J connectivity index is 2.38. The van der Waals surface area contributed by atoms with Gasteiger partial charge in [0.2, 0.25) is 5.91 Å². The average molecular weight is 263 g/mol. The summed E-state index contributed by atoms with van der Waals surface area (Å²) in [5.41, 5.74) is 5.51. The Bertz CT molecular complexity index is 456. The molecule has 1 heterocycles. The molecule has 2 rings (SSSR count). The molecule has 1 fully saturated rings. The number of nitrogens with two attached hydrogens (primary N) is 1. The van der Waals surface area contributed by atoms with E-state index >= 15 is 0 Å². The van der Waals surface area contributed by atoms with E-state index in [1.807, 2.05) is 13.0 Å². The van der Waals surface area contributed by atoms with Crippen molar-refractivity contribution < 1.29 is 9.90 Å². The van der Waals surface area contributed by atoms with Crippen molar-refractivity contribution in [2.24, 2.45) is 5.73 Å². The number of hydrogen-bond donors (Lipinski definition) is 3. The lowest BCUT2D eigenvalue weighted by molar-refractivity contribution is -0.129. The molecule has 1 aliphatic heterocycles. The highest BCUT2D eigenvalue weighted by atomic mass is 16.3. The molecule has 0 spiro atoms. The van der Waals surface area contributed by atoms with Gasteiger partial charge in [-0.05, 0) is 37.6 Å². The van der Waals surface area contributed by atoms with E-state index in [1.54, 1.807) is 18.2 Å². The largest absolute Gasteiger partial charge is 0.508 e. The summed E-state index contributed by atoms with van der Waals surface area (Å²) in [5, 5.41) is 12.9. The number of benzene rings is 1. The maximum Gasteiger partial charge on any atom is 0.242 e. The lowest BCUT2D eigenvalue weighted by Crippen LogP contribution is -2.54. The summed E-state index contributed by atoms with van der Waals surface area (Å²) in [6, 6.07) is 6.78. The van der Waals surface area contributed by atoms with Gasteiger partial charge < -0.3 is 16.2 Å². The number of carbonyl (C=O) groups is 1. The van der Waals surface area contributed by atoms with Crippen LogP contribution < -0.4 is 11.1 Å². The molecular weight excluding hydrogens is 242 g/mol. The molecule has 1 aliphatic rings. The standard InChI is InChI=1S/C14H21N3O2/c1-14(13(15)19,11-4-2-5-12(18)10-11)17-8-3-6-16-7-9-17/h2,4-5,10,16,18H,3,6-9H2,1H3,(H2,15,19). The minimum Gasteiger partial charge on any atom is -0.508 e. The van der Waals surface area contributed by atoms with Crippen LogP contribution in [0.2, 0.25) is 0 Å². The van der Waals surface area contributed by atoms with E-state index in [9.17, 15) is 9.90 Å². The van der Waals surface area contributed by atoms with Crippen LogP contribution in [-0.2, 0) is 10.3 Å². The number of nitrogens with zero attached hydrogens (tertiary/aromatic N) is 1. The zero-order valence-electron chi connectivity index (χ0n) is 11.2. The Hall–Kier alpha value is -1.59. The van der Waals surface area contributed by atoms with Crippen LogP contribution in [0.4, 0.5) is 0 Å².